The molecule has 6 rings (SSSR count). The zero-order chi connectivity index (χ0) is 69.0. The van der Waals surface area contributed by atoms with Crippen molar-refractivity contribution in [3.63, 3.8) is 0 Å². The van der Waals surface area contributed by atoms with Crippen molar-refractivity contribution in [1.82, 2.24) is 0 Å². The smallest absolute Gasteiger partial charge is 0.128 e. The van der Waals surface area contributed by atoms with E-state index >= 15 is 0 Å². The third kappa shape index (κ3) is 34.1. The second-order valence-corrected chi connectivity index (χ2v) is 33.0. The molecule has 6 aromatic rings. The van der Waals surface area contributed by atoms with Crippen LogP contribution >= 0.6 is 45.3 Å². The lowest BCUT2D eigenvalue weighted by Gasteiger charge is -2.17. The fourth-order valence-electron chi connectivity index (χ4n) is 13.5. The maximum absolute atomic E-state index is 9.42. The van der Waals surface area contributed by atoms with E-state index in [9.17, 15) is 10.2 Å². The molecule has 0 unspecified atom stereocenters. The van der Waals surface area contributed by atoms with Crippen LogP contribution in [0.4, 0.5) is 0 Å². The summed E-state index contributed by atoms with van der Waals surface area (Å²) < 4.78 is 28.1. The van der Waals surface area contributed by atoms with Gasteiger partial charge in [-0.25, -0.2) is 0 Å². The highest BCUT2D eigenvalue weighted by Crippen LogP contribution is 2.50. The van der Waals surface area contributed by atoms with Crippen LogP contribution in [0.15, 0.2) is 72.8 Å². The van der Waals surface area contributed by atoms with Crippen LogP contribution in [0.1, 0.15) is 346 Å². The molecule has 4 heterocycles. The number of hydrogen-bond donors (Lipinski definition) is 2. The molecule has 0 spiro atoms. The Morgan fingerprint density at radius 1 is 0.224 bits per heavy atom. The molecule has 0 amide bonds. The van der Waals surface area contributed by atoms with Crippen molar-refractivity contribution in [2.24, 2.45) is 0 Å². The van der Waals surface area contributed by atoms with Gasteiger partial charge in [-0.15, -0.1) is 45.3 Å². The molecule has 0 radical (unpaired) electrons. The molecule has 0 atom stereocenters. The first-order valence-corrected chi connectivity index (χ1v) is 44.2. The van der Waals surface area contributed by atoms with Gasteiger partial charge >= 0.3 is 0 Å². The summed E-state index contributed by atoms with van der Waals surface area (Å²) in [6.07, 6.45) is 62.5. The average Bonchev–Trinajstić information content (AvgIpc) is 1.48. The lowest BCUT2D eigenvalue weighted by Crippen LogP contribution is -2.02. The number of benzene rings is 2. The van der Waals surface area contributed by atoms with E-state index in [4.69, 9.17) is 18.9 Å². The number of aliphatic hydroxyl groups excluding tert-OH is 2. The van der Waals surface area contributed by atoms with Crippen LogP contribution in [-0.2, 0) is 12.8 Å². The number of aliphatic hydroxyl groups is 2. The molecule has 10 heteroatoms. The number of hydrogen-bond acceptors (Lipinski definition) is 10. The van der Waals surface area contributed by atoms with E-state index in [1.165, 1.54) is 270 Å². The molecule has 0 bridgehead atoms. The third-order valence-corrected chi connectivity index (χ3v) is 24.5. The predicted octanol–water partition coefficient (Wildman–Crippen LogP) is 29.7. The van der Waals surface area contributed by atoms with Gasteiger partial charge in [0.25, 0.3) is 0 Å². The SMILES string of the molecule is CCCCCCCCCCCCOc1cc(-c2ccc(-c3ccc(-c4cc(OCCCCCCCCCCCC)c(-c5ccc(CCCCCCO)s5)cc4OCCCCCCCCCCCC)s3)s2)c(OCCCCCCCCCCCC)cc1-c1ccc(CCCCCCO)s1. The standard InChI is InChI=1S/C88H138O6S4/c1-5-9-13-17-21-25-29-33-41-49-65-91-79-71-77(81(93-67-51-43-35-31-27-23-19-15-11-7-3)69-75(79)83-57-55-73(95-83)53-45-37-39-47-63-89)85-59-61-87(97-85)88-62-60-86(98-88)78-72-80(92-66-50-42-34-30-26-22-18-14-10-6-2)76(84-58-56-74(96-84)54-46-38-40-48-64-90)70-82(78)94-68-52-44-36-32-28-24-20-16-12-8-4/h55-62,69-72,89-90H,5-54,63-68H2,1-4H3. The fourth-order valence-corrected chi connectivity index (χ4v) is 17.8. The Bertz CT molecular complexity index is 2680. The Hall–Kier alpha value is -3.64. The quantitative estimate of drug-likeness (QED) is 0.0371. The van der Waals surface area contributed by atoms with Crippen LogP contribution in [-0.4, -0.2) is 49.9 Å². The minimum atomic E-state index is 0.279. The molecule has 0 aliphatic rings. The molecule has 0 saturated heterocycles. The summed E-state index contributed by atoms with van der Waals surface area (Å²) in [5.74, 6) is 3.82. The Morgan fingerprint density at radius 3 is 0.684 bits per heavy atom. The Kier molecular flexibility index (Phi) is 46.7. The number of ether oxygens (including phenoxy) is 4. The van der Waals surface area contributed by atoms with E-state index in [0.29, 0.717) is 26.4 Å². The van der Waals surface area contributed by atoms with E-state index in [1.54, 1.807) is 0 Å². The molecule has 2 N–H and O–H groups in total. The second-order valence-electron chi connectivity index (χ2n) is 28.4. The molecule has 98 heavy (non-hydrogen) atoms. The minimum Gasteiger partial charge on any atom is -0.493 e. The maximum atomic E-state index is 9.42. The van der Waals surface area contributed by atoms with Crippen molar-refractivity contribution in [3.05, 3.63) is 82.6 Å². The normalized spacial score (nSPS) is 11.6. The number of rotatable bonds is 65. The van der Waals surface area contributed by atoms with Gasteiger partial charge in [-0.1, -0.05) is 285 Å². The van der Waals surface area contributed by atoms with E-state index < -0.39 is 0 Å². The van der Waals surface area contributed by atoms with Crippen molar-refractivity contribution in [1.29, 1.82) is 0 Å². The molecule has 0 saturated carbocycles. The first kappa shape index (κ1) is 83.3. The predicted molar refractivity (Wildman–Crippen MR) is 433 cm³/mol. The van der Waals surface area contributed by atoms with Gasteiger partial charge in [0.05, 0.1) is 26.4 Å². The maximum Gasteiger partial charge on any atom is 0.128 e. The minimum absolute atomic E-state index is 0.279. The molecular formula is C88H138O6S4. The van der Waals surface area contributed by atoms with E-state index in [2.05, 4.69) is 100 Å². The van der Waals surface area contributed by atoms with Crippen molar-refractivity contribution in [3.8, 4) is 74.5 Å². The van der Waals surface area contributed by atoms with E-state index in [0.717, 1.165) is 135 Å². The highest BCUT2D eigenvalue weighted by Gasteiger charge is 2.22. The Morgan fingerprint density at radius 2 is 0.429 bits per heavy atom. The highest BCUT2D eigenvalue weighted by atomic mass is 32.1. The largest absolute Gasteiger partial charge is 0.493 e. The molecule has 550 valence electrons. The monoisotopic (exact) mass is 1420 g/mol. The van der Waals surface area contributed by atoms with Gasteiger partial charge in [0, 0.05) is 74.5 Å². The third-order valence-electron chi connectivity index (χ3n) is 19.7. The van der Waals surface area contributed by atoms with Crippen molar-refractivity contribution in [2.45, 2.75) is 349 Å². The molecule has 2 aromatic carbocycles. The van der Waals surface area contributed by atoms with Gasteiger partial charge in [-0.3, -0.25) is 0 Å². The lowest BCUT2D eigenvalue weighted by atomic mass is 10.1. The van der Waals surface area contributed by atoms with Gasteiger partial charge in [-0.2, -0.15) is 0 Å². The Balaban J connectivity index is 1.30. The zero-order valence-corrected chi connectivity index (χ0v) is 66.0. The second kappa shape index (κ2) is 55.0. The topological polar surface area (TPSA) is 77.4 Å². The summed E-state index contributed by atoms with van der Waals surface area (Å²) in [5, 5.41) is 18.8. The van der Waals surface area contributed by atoms with Gasteiger partial charge < -0.3 is 29.2 Å². The van der Waals surface area contributed by atoms with Crippen molar-refractivity contribution in [2.75, 3.05) is 39.6 Å². The first-order valence-electron chi connectivity index (χ1n) is 41.0. The number of aryl methyl sites for hydroxylation is 2. The Labute approximate surface area is 615 Å². The molecule has 6 nitrogen and oxygen atoms in total. The van der Waals surface area contributed by atoms with Crippen LogP contribution < -0.4 is 18.9 Å². The number of thiophene rings is 4. The van der Waals surface area contributed by atoms with Crippen LogP contribution in [0.3, 0.4) is 0 Å². The summed E-state index contributed by atoms with van der Waals surface area (Å²) >= 11 is 7.54. The average molecular weight is 1420 g/mol. The summed E-state index contributed by atoms with van der Waals surface area (Å²) in [5.41, 5.74) is 4.52. The molecule has 4 aromatic heterocycles. The summed E-state index contributed by atoms with van der Waals surface area (Å²) in [6.45, 7) is 12.6. The highest BCUT2D eigenvalue weighted by molar-refractivity contribution is 7.25. The van der Waals surface area contributed by atoms with Gasteiger partial charge in [0.2, 0.25) is 0 Å². The fraction of sp³-hybridized carbons (Fsp3) is 0.682. The van der Waals surface area contributed by atoms with Crippen molar-refractivity contribution >= 4 is 45.3 Å². The van der Waals surface area contributed by atoms with Crippen LogP contribution in [0.5, 0.6) is 23.0 Å². The van der Waals surface area contributed by atoms with Crippen LogP contribution in [0.25, 0.3) is 51.5 Å². The van der Waals surface area contributed by atoms with E-state index in [1.807, 2.05) is 45.3 Å². The first-order chi connectivity index (χ1) is 48.5. The van der Waals surface area contributed by atoms with Gasteiger partial charge in [0.15, 0.2) is 0 Å². The number of unbranched alkanes of at least 4 members (excludes halogenated alkanes) is 42. The van der Waals surface area contributed by atoms with Crippen molar-refractivity contribution < 1.29 is 29.2 Å². The molecule has 0 fully saturated rings. The lowest BCUT2D eigenvalue weighted by molar-refractivity contribution is 0.282. The van der Waals surface area contributed by atoms with Gasteiger partial charge in [-0.05, 0) is 137 Å². The van der Waals surface area contributed by atoms with Gasteiger partial charge in [0.1, 0.15) is 23.0 Å². The molecule has 0 aliphatic heterocycles. The summed E-state index contributed by atoms with van der Waals surface area (Å²) in [7, 11) is 0. The summed E-state index contributed by atoms with van der Waals surface area (Å²) in [4.78, 5) is 10.2. The molecular weight excluding hydrogens is 1280 g/mol. The van der Waals surface area contributed by atoms with Crippen LogP contribution in [0, 0.1) is 0 Å². The zero-order valence-electron chi connectivity index (χ0n) is 62.7. The molecule has 0 aliphatic carbocycles. The van der Waals surface area contributed by atoms with Crippen LogP contribution in [0.2, 0.25) is 0 Å². The van der Waals surface area contributed by atoms with E-state index in [-0.39, 0.29) is 13.2 Å². The summed E-state index contributed by atoms with van der Waals surface area (Å²) in [6, 6.07) is 27.9.